The summed E-state index contributed by atoms with van der Waals surface area (Å²) in [7, 11) is 0. The van der Waals surface area contributed by atoms with E-state index in [4.69, 9.17) is 9.97 Å². The lowest BCUT2D eigenvalue weighted by Crippen LogP contribution is -2.40. The molecule has 0 amide bonds. The summed E-state index contributed by atoms with van der Waals surface area (Å²) in [5.41, 5.74) is 2.25. The molecule has 2 heterocycles. The highest BCUT2D eigenvalue weighted by atomic mass is 15.3. The second kappa shape index (κ2) is 5.68. The maximum absolute atomic E-state index is 4.82. The Bertz CT molecular complexity index is 462. The van der Waals surface area contributed by atoms with Gasteiger partial charge >= 0.3 is 0 Å². The van der Waals surface area contributed by atoms with Crippen molar-refractivity contribution in [2.75, 3.05) is 18.0 Å². The molecule has 4 heteroatoms. The number of aryl methyl sites for hydroxylation is 1. The molecule has 0 spiro atoms. The highest BCUT2D eigenvalue weighted by Gasteiger charge is 2.33. The summed E-state index contributed by atoms with van der Waals surface area (Å²) < 4.78 is 0. The summed E-state index contributed by atoms with van der Waals surface area (Å²) in [5.74, 6) is 1.41. The number of nitrogens with zero attached hydrogens (tertiary/aromatic N) is 3. The molecule has 110 valence electrons. The van der Waals surface area contributed by atoms with Crippen LogP contribution < -0.4 is 10.2 Å². The van der Waals surface area contributed by atoms with Gasteiger partial charge < -0.3 is 10.2 Å². The van der Waals surface area contributed by atoms with Gasteiger partial charge in [0, 0.05) is 30.0 Å². The van der Waals surface area contributed by atoms with E-state index in [1.807, 2.05) is 0 Å². The first-order chi connectivity index (χ1) is 9.63. The van der Waals surface area contributed by atoms with Crippen LogP contribution in [0.15, 0.2) is 6.07 Å². The average Bonchev–Trinajstić information content (AvgIpc) is 3.12. The Labute approximate surface area is 122 Å². The van der Waals surface area contributed by atoms with Crippen molar-refractivity contribution < 1.29 is 0 Å². The van der Waals surface area contributed by atoms with Crippen LogP contribution in [0.1, 0.15) is 56.8 Å². The van der Waals surface area contributed by atoms with Gasteiger partial charge in [-0.1, -0.05) is 13.8 Å². The predicted molar refractivity (Wildman–Crippen MR) is 82.3 cm³/mol. The molecule has 1 aliphatic heterocycles. The highest BCUT2D eigenvalue weighted by molar-refractivity contribution is 5.37. The fourth-order valence-corrected chi connectivity index (χ4v) is 2.93. The SMILES string of the molecule is Cc1cc(C(C)C)nc(N(CC2CCCN2)C2CC2)n1. The molecule has 1 saturated carbocycles. The summed E-state index contributed by atoms with van der Waals surface area (Å²) in [6, 6.07) is 3.40. The molecule has 1 saturated heterocycles. The molecule has 0 aromatic carbocycles. The van der Waals surface area contributed by atoms with Crippen LogP contribution in [0, 0.1) is 6.92 Å². The molecule has 0 bridgehead atoms. The molecule has 4 nitrogen and oxygen atoms in total. The minimum atomic E-state index is 0.459. The summed E-state index contributed by atoms with van der Waals surface area (Å²) >= 11 is 0. The van der Waals surface area contributed by atoms with Gasteiger partial charge in [0.1, 0.15) is 0 Å². The third kappa shape index (κ3) is 3.11. The third-order valence-corrected chi connectivity index (χ3v) is 4.28. The molecule has 1 aromatic heterocycles. The molecule has 2 aliphatic rings. The molecule has 0 radical (unpaired) electrons. The number of anilines is 1. The maximum atomic E-state index is 4.82. The van der Waals surface area contributed by atoms with Gasteiger partial charge in [0.15, 0.2) is 0 Å². The molecule has 20 heavy (non-hydrogen) atoms. The topological polar surface area (TPSA) is 41.1 Å². The monoisotopic (exact) mass is 274 g/mol. The Morgan fingerprint density at radius 3 is 2.70 bits per heavy atom. The molecule has 1 aliphatic carbocycles. The third-order valence-electron chi connectivity index (χ3n) is 4.28. The van der Waals surface area contributed by atoms with Gasteiger partial charge in [0.25, 0.3) is 0 Å². The molecule has 2 fully saturated rings. The summed E-state index contributed by atoms with van der Waals surface area (Å²) in [5, 5.41) is 3.59. The highest BCUT2D eigenvalue weighted by Crippen LogP contribution is 2.31. The van der Waals surface area contributed by atoms with Gasteiger partial charge in [-0.05, 0) is 51.1 Å². The van der Waals surface area contributed by atoms with Crippen LogP contribution in [0.25, 0.3) is 0 Å². The van der Waals surface area contributed by atoms with Gasteiger partial charge in [-0.3, -0.25) is 0 Å². The number of nitrogens with one attached hydrogen (secondary N) is 1. The predicted octanol–water partition coefficient (Wildman–Crippen LogP) is 2.63. The van der Waals surface area contributed by atoms with Crippen molar-refractivity contribution in [2.24, 2.45) is 0 Å². The smallest absolute Gasteiger partial charge is 0.226 e. The van der Waals surface area contributed by atoms with Crippen LogP contribution in [0.4, 0.5) is 5.95 Å². The summed E-state index contributed by atoms with van der Waals surface area (Å²) in [4.78, 5) is 12.0. The molecule has 1 unspecified atom stereocenters. The van der Waals surface area contributed by atoms with Crippen molar-refractivity contribution in [3.63, 3.8) is 0 Å². The van der Waals surface area contributed by atoms with Crippen molar-refractivity contribution in [2.45, 2.75) is 64.5 Å². The average molecular weight is 274 g/mol. The van der Waals surface area contributed by atoms with E-state index < -0.39 is 0 Å². The van der Waals surface area contributed by atoms with E-state index in [0.29, 0.717) is 18.0 Å². The van der Waals surface area contributed by atoms with Crippen LogP contribution in [-0.4, -0.2) is 35.1 Å². The van der Waals surface area contributed by atoms with E-state index in [9.17, 15) is 0 Å². The minimum absolute atomic E-state index is 0.459. The second-order valence-corrected chi connectivity index (χ2v) is 6.57. The van der Waals surface area contributed by atoms with Crippen LogP contribution in [0.3, 0.4) is 0 Å². The van der Waals surface area contributed by atoms with E-state index in [1.165, 1.54) is 25.7 Å². The first-order valence-electron chi connectivity index (χ1n) is 7.99. The lowest BCUT2D eigenvalue weighted by molar-refractivity contribution is 0.570. The quantitative estimate of drug-likeness (QED) is 0.896. The molecular weight excluding hydrogens is 248 g/mol. The van der Waals surface area contributed by atoms with Crippen LogP contribution in [0.5, 0.6) is 0 Å². The lowest BCUT2D eigenvalue weighted by Gasteiger charge is -2.26. The van der Waals surface area contributed by atoms with E-state index in [0.717, 1.165) is 30.4 Å². The molecule has 3 rings (SSSR count). The van der Waals surface area contributed by atoms with Crippen molar-refractivity contribution >= 4 is 5.95 Å². The minimum Gasteiger partial charge on any atom is -0.336 e. The first-order valence-corrected chi connectivity index (χ1v) is 7.99. The van der Waals surface area contributed by atoms with E-state index >= 15 is 0 Å². The summed E-state index contributed by atoms with van der Waals surface area (Å²) in [6.45, 7) is 8.70. The second-order valence-electron chi connectivity index (χ2n) is 6.57. The van der Waals surface area contributed by atoms with Crippen LogP contribution in [0.2, 0.25) is 0 Å². The normalized spacial score (nSPS) is 22.5. The van der Waals surface area contributed by atoms with Crippen LogP contribution >= 0.6 is 0 Å². The van der Waals surface area contributed by atoms with Crippen molar-refractivity contribution in [1.29, 1.82) is 0 Å². The Kier molecular flexibility index (Phi) is 3.92. The zero-order valence-corrected chi connectivity index (χ0v) is 12.9. The number of hydrogen-bond donors (Lipinski definition) is 1. The fourth-order valence-electron chi connectivity index (χ4n) is 2.93. The Hall–Kier alpha value is -1.16. The molecule has 1 atom stereocenters. The zero-order chi connectivity index (χ0) is 14.1. The van der Waals surface area contributed by atoms with Gasteiger partial charge in [-0.2, -0.15) is 0 Å². The number of rotatable bonds is 5. The lowest BCUT2D eigenvalue weighted by atomic mass is 10.1. The zero-order valence-electron chi connectivity index (χ0n) is 12.9. The molecule has 1 N–H and O–H groups in total. The van der Waals surface area contributed by atoms with Crippen LogP contribution in [-0.2, 0) is 0 Å². The van der Waals surface area contributed by atoms with Crippen molar-refractivity contribution in [3.8, 4) is 0 Å². The molecule has 1 aromatic rings. The van der Waals surface area contributed by atoms with Crippen molar-refractivity contribution in [1.82, 2.24) is 15.3 Å². The van der Waals surface area contributed by atoms with E-state index in [2.05, 4.69) is 37.1 Å². The maximum Gasteiger partial charge on any atom is 0.226 e. The van der Waals surface area contributed by atoms with Gasteiger partial charge in [-0.25, -0.2) is 9.97 Å². The fraction of sp³-hybridized carbons (Fsp3) is 0.750. The van der Waals surface area contributed by atoms with E-state index in [1.54, 1.807) is 0 Å². The standard InChI is InChI=1S/C16H26N4/c1-11(2)15-9-12(3)18-16(19-15)20(14-6-7-14)10-13-5-4-8-17-13/h9,11,13-14,17H,4-8,10H2,1-3H3. The Morgan fingerprint density at radius 2 is 2.10 bits per heavy atom. The van der Waals surface area contributed by atoms with Gasteiger partial charge in [-0.15, -0.1) is 0 Å². The first kappa shape index (κ1) is 13.8. The van der Waals surface area contributed by atoms with Gasteiger partial charge in [0.2, 0.25) is 5.95 Å². The number of aromatic nitrogens is 2. The summed E-state index contributed by atoms with van der Waals surface area (Å²) in [6.07, 6.45) is 5.17. The Morgan fingerprint density at radius 1 is 1.30 bits per heavy atom. The largest absolute Gasteiger partial charge is 0.336 e. The van der Waals surface area contributed by atoms with Crippen molar-refractivity contribution in [3.05, 3.63) is 17.5 Å². The Balaban J connectivity index is 1.82. The van der Waals surface area contributed by atoms with Gasteiger partial charge in [0.05, 0.1) is 0 Å². The van der Waals surface area contributed by atoms with E-state index in [-0.39, 0.29) is 0 Å². The molecular formula is C16H26N4. The number of hydrogen-bond acceptors (Lipinski definition) is 4.